The monoisotopic (exact) mass is 568 g/mol. The fourth-order valence-corrected chi connectivity index (χ4v) is 5.10. The number of furan rings is 1. The number of hydrogen-bond acceptors (Lipinski definition) is 8. The molecule has 200 valence electrons. The summed E-state index contributed by atoms with van der Waals surface area (Å²) in [5.74, 6) is 0.370. The second-order valence-electron chi connectivity index (χ2n) is 7.97. The van der Waals surface area contributed by atoms with Crippen LogP contribution in [0.15, 0.2) is 99.3 Å². The molecule has 1 amide bonds. The van der Waals surface area contributed by atoms with Gasteiger partial charge in [-0.25, -0.2) is 13.8 Å². The number of hydrazone groups is 1. The first-order valence-corrected chi connectivity index (χ1v) is 13.1. The van der Waals surface area contributed by atoms with E-state index in [0.717, 1.165) is 4.31 Å². The highest BCUT2D eigenvalue weighted by molar-refractivity contribution is 7.92. The van der Waals surface area contributed by atoms with E-state index in [4.69, 9.17) is 20.8 Å². The van der Waals surface area contributed by atoms with Crippen LogP contribution >= 0.6 is 11.6 Å². The van der Waals surface area contributed by atoms with Gasteiger partial charge >= 0.3 is 0 Å². The minimum atomic E-state index is -4.17. The van der Waals surface area contributed by atoms with Gasteiger partial charge in [-0.1, -0.05) is 29.8 Å². The van der Waals surface area contributed by atoms with Gasteiger partial charge in [0.05, 0.1) is 28.8 Å². The number of carbonyl (C=O) groups is 1. The summed E-state index contributed by atoms with van der Waals surface area (Å²) in [6, 6.07) is 20.9. The molecule has 0 unspecified atom stereocenters. The third kappa shape index (κ3) is 6.61. The second-order valence-corrected chi connectivity index (χ2v) is 10.3. The summed E-state index contributed by atoms with van der Waals surface area (Å²) in [6.45, 7) is -0.594. The lowest BCUT2D eigenvalue weighted by atomic mass is 10.1. The van der Waals surface area contributed by atoms with Crippen molar-refractivity contribution in [2.24, 2.45) is 5.10 Å². The SMILES string of the molecule is COc1ccc(S(=O)(=O)N(CC(=O)N/N=C\c2ccc(-c3cccc([N+](=O)[O-])c3)o2)c2cccc(Cl)c2)cc1. The normalized spacial score (nSPS) is 11.3. The highest BCUT2D eigenvalue weighted by Crippen LogP contribution is 2.27. The number of amides is 1. The molecular formula is C26H21ClN4O7S. The molecule has 0 aliphatic carbocycles. The standard InChI is InChI=1S/C26H21ClN4O7S/c1-37-22-8-11-24(12-9-22)39(35,36)30(20-6-3-5-19(27)15-20)17-26(32)29-28-16-23-10-13-25(38-23)18-4-2-7-21(14-18)31(33)34/h2-16H,17H2,1H3,(H,29,32)/b28-16-. The van der Waals surface area contributed by atoms with Crippen LogP contribution in [0.4, 0.5) is 11.4 Å². The molecule has 0 radical (unpaired) electrons. The van der Waals surface area contributed by atoms with Gasteiger partial charge < -0.3 is 9.15 Å². The van der Waals surface area contributed by atoms with Gasteiger partial charge in [0.25, 0.3) is 21.6 Å². The summed E-state index contributed by atoms with van der Waals surface area (Å²) in [4.78, 5) is 23.2. The number of nitrogens with zero attached hydrogens (tertiary/aromatic N) is 3. The molecule has 1 N–H and O–H groups in total. The van der Waals surface area contributed by atoms with Gasteiger partial charge in [0, 0.05) is 22.7 Å². The minimum absolute atomic E-state index is 0.0520. The molecule has 1 aromatic heterocycles. The van der Waals surface area contributed by atoms with Crippen molar-refractivity contribution < 1.29 is 27.3 Å². The fourth-order valence-electron chi connectivity index (χ4n) is 3.51. The Hall–Kier alpha value is -4.68. The summed E-state index contributed by atoms with van der Waals surface area (Å²) >= 11 is 6.08. The van der Waals surface area contributed by atoms with Crippen LogP contribution in [0.25, 0.3) is 11.3 Å². The van der Waals surface area contributed by atoms with Gasteiger partial charge in [-0.15, -0.1) is 0 Å². The molecule has 0 atom stereocenters. The van der Waals surface area contributed by atoms with E-state index in [9.17, 15) is 23.3 Å². The molecule has 0 aliphatic rings. The van der Waals surface area contributed by atoms with Gasteiger partial charge in [0.15, 0.2) is 0 Å². The highest BCUT2D eigenvalue weighted by atomic mass is 35.5. The fraction of sp³-hybridized carbons (Fsp3) is 0.0769. The second kappa shape index (κ2) is 11.8. The van der Waals surface area contributed by atoms with Gasteiger partial charge in [-0.3, -0.25) is 19.2 Å². The lowest BCUT2D eigenvalue weighted by Crippen LogP contribution is -2.39. The van der Waals surface area contributed by atoms with Crippen molar-refractivity contribution >= 4 is 45.1 Å². The maximum Gasteiger partial charge on any atom is 0.270 e. The molecule has 13 heteroatoms. The number of sulfonamides is 1. The molecular weight excluding hydrogens is 548 g/mol. The van der Waals surface area contributed by atoms with Crippen molar-refractivity contribution in [3.05, 3.63) is 106 Å². The van der Waals surface area contributed by atoms with Crippen molar-refractivity contribution in [2.45, 2.75) is 4.90 Å². The summed E-state index contributed by atoms with van der Waals surface area (Å²) in [5.41, 5.74) is 2.88. The van der Waals surface area contributed by atoms with Gasteiger partial charge in [0.2, 0.25) is 0 Å². The Balaban J connectivity index is 1.50. The maximum atomic E-state index is 13.4. The van der Waals surface area contributed by atoms with Crippen molar-refractivity contribution in [3.8, 4) is 17.1 Å². The average molecular weight is 569 g/mol. The Morgan fingerprint density at radius 2 is 1.85 bits per heavy atom. The molecule has 3 aromatic carbocycles. The Labute approximate surface area is 228 Å². The summed E-state index contributed by atoms with van der Waals surface area (Å²) in [7, 11) is -2.70. The third-order valence-electron chi connectivity index (χ3n) is 5.38. The average Bonchev–Trinajstić information content (AvgIpc) is 3.40. The number of nitro groups is 1. The highest BCUT2D eigenvalue weighted by Gasteiger charge is 2.27. The third-order valence-corrected chi connectivity index (χ3v) is 7.40. The van der Waals surface area contributed by atoms with Crippen LogP contribution in [-0.4, -0.2) is 39.1 Å². The number of halogens is 1. The summed E-state index contributed by atoms with van der Waals surface area (Å²) in [6.07, 6.45) is 1.22. The number of nitrogens with one attached hydrogen (secondary N) is 1. The Morgan fingerprint density at radius 3 is 2.54 bits per heavy atom. The predicted octanol–water partition coefficient (Wildman–Crippen LogP) is 4.86. The van der Waals surface area contributed by atoms with Crippen molar-refractivity contribution in [2.75, 3.05) is 18.0 Å². The lowest BCUT2D eigenvalue weighted by molar-refractivity contribution is -0.384. The van der Waals surface area contributed by atoms with Crippen molar-refractivity contribution in [3.63, 3.8) is 0 Å². The Kier molecular flexibility index (Phi) is 8.27. The number of non-ortho nitro benzene ring substituents is 1. The van der Waals surface area contributed by atoms with Crippen LogP contribution in [0.1, 0.15) is 5.76 Å². The minimum Gasteiger partial charge on any atom is -0.497 e. The van der Waals surface area contributed by atoms with Crippen LogP contribution in [0.2, 0.25) is 5.02 Å². The molecule has 4 rings (SSSR count). The number of benzene rings is 3. The summed E-state index contributed by atoms with van der Waals surface area (Å²) < 4.78 is 38.5. The molecule has 0 bridgehead atoms. The number of anilines is 1. The van der Waals surface area contributed by atoms with E-state index in [1.165, 1.54) is 67.9 Å². The number of methoxy groups -OCH3 is 1. The van der Waals surface area contributed by atoms with Crippen LogP contribution in [0.5, 0.6) is 5.75 Å². The van der Waals surface area contributed by atoms with Gasteiger partial charge in [0.1, 0.15) is 23.8 Å². The molecule has 0 saturated carbocycles. The van der Waals surface area contributed by atoms with Crippen LogP contribution in [-0.2, 0) is 14.8 Å². The Bertz CT molecular complexity index is 1640. The quantitative estimate of drug-likeness (QED) is 0.163. The Morgan fingerprint density at radius 1 is 1.10 bits per heavy atom. The van der Waals surface area contributed by atoms with E-state index in [2.05, 4.69) is 10.5 Å². The maximum absolute atomic E-state index is 13.4. The first kappa shape index (κ1) is 27.4. The smallest absolute Gasteiger partial charge is 0.270 e. The zero-order chi connectivity index (χ0) is 28.0. The van der Waals surface area contributed by atoms with E-state index < -0.39 is 27.4 Å². The molecule has 0 saturated heterocycles. The van der Waals surface area contributed by atoms with Crippen LogP contribution < -0.4 is 14.5 Å². The molecule has 0 spiro atoms. The number of nitro benzene ring substituents is 1. The molecule has 1 heterocycles. The van der Waals surface area contributed by atoms with Gasteiger partial charge in [-0.05, 0) is 54.6 Å². The van der Waals surface area contributed by atoms with E-state index in [0.29, 0.717) is 22.1 Å². The predicted molar refractivity (Wildman–Crippen MR) is 146 cm³/mol. The van der Waals surface area contributed by atoms with E-state index in [1.807, 2.05) is 0 Å². The van der Waals surface area contributed by atoms with Crippen LogP contribution in [0, 0.1) is 10.1 Å². The van der Waals surface area contributed by atoms with Crippen molar-refractivity contribution in [1.29, 1.82) is 0 Å². The number of carbonyl (C=O) groups excluding carboxylic acids is 1. The zero-order valence-electron chi connectivity index (χ0n) is 20.4. The summed E-state index contributed by atoms with van der Waals surface area (Å²) in [5, 5.41) is 15.1. The molecule has 0 aliphatic heterocycles. The molecule has 11 nitrogen and oxygen atoms in total. The number of ether oxygens (including phenoxy) is 1. The lowest BCUT2D eigenvalue weighted by Gasteiger charge is -2.24. The topological polar surface area (TPSA) is 144 Å². The zero-order valence-corrected chi connectivity index (χ0v) is 21.9. The van der Waals surface area contributed by atoms with E-state index in [-0.39, 0.29) is 22.0 Å². The molecule has 0 fully saturated rings. The first-order valence-electron chi connectivity index (χ1n) is 11.3. The largest absolute Gasteiger partial charge is 0.497 e. The van der Waals surface area contributed by atoms with E-state index >= 15 is 0 Å². The molecule has 4 aromatic rings. The van der Waals surface area contributed by atoms with Gasteiger partial charge in [-0.2, -0.15) is 5.10 Å². The van der Waals surface area contributed by atoms with Crippen molar-refractivity contribution in [1.82, 2.24) is 5.43 Å². The van der Waals surface area contributed by atoms with E-state index in [1.54, 1.807) is 30.3 Å². The number of rotatable bonds is 10. The number of hydrogen-bond donors (Lipinski definition) is 1. The first-order chi connectivity index (χ1) is 18.7. The molecule has 39 heavy (non-hydrogen) atoms. The van der Waals surface area contributed by atoms with Crippen LogP contribution in [0.3, 0.4) is 0 Å².